The lowest BCUT2D eigenvalue weighted by Gasteiger charge is -2.10. The summed E-state index contributed by atoms with van der Waals surface area (Å²) in [6.45, 7) is 0. The summed E-state index contributed by atoms with van der Waals surface area (Å²) in [5.41, 5.74) is 0.203. The van der Waals surface area contributed by atoms with Gasteiger partial charge < -0.3 is 5.11 Å². The van der Waals surface area contributed by atoms with Gasteiger partial charge in [0.15, 0.2) is 15.1 Å². The largest absolute Gasteiger partial charge is 0.480 e. The molecule has 0 spiro atoms. The van der Waals surface area contributed by atoms with E-state index in [9.17, 15) is 13.2 Å². The van der Waals surface area contributed by atoms with Gasteiger partial charge in [0, 0.05) is 11.3 Å². The molecule has 6 heteroatoms. The van der Waals surface area contributed by atoms with Crippen LogP contribution in [0.3, 0.4) is 0 Å². The van der Waals surface area contributed by atoms with Crippen molar-refractivity contribution in [2.75, 3.05) is 6.26 Å². The van der Waals surface area contributed by atoms with Crippen LogP contribution in [-0.2, 0) is 14.6 Å². The van der Waals surface area contributed by atoms with Crippen molar-refractivity contribution in [2.24, 2.45) is 0 Å². The van der Waals surface area contributed by atoms with Crippen LogP contribution in [-0.4, -0.2) is 25.7 Å². The minimum absolute atomic E-state index is 0.203. The Morgan fingerprint density at radius 2 is 1.80 bits per heavy atom. The van der Waals surface area contributed by atoms with Crippen LogP contribution in [0.15, 0.2) is 24.3 Å². The fourth-order valence-corrected chi connectivity index (χ4v) is 2.35. The molecule has 0 aromatic heterocycles. The molecule has 4 nitrogen and oxygen atoms in total. The summed E-state index contributed by atoms with van der Waals surface area (Å²) in [5, 5.41) is 7.71. The van der Waals surface area contributed by atoms with Gasteiger partial charge in [-0.1, -0.05) is 23.7 Å². The first kappa shape index (κ1) is 12.0. The van der Waals surface area contributed by atoms with Gasteiger partial charge in [-0.05, 0) is 17.7 Å². The summed E-state index contributed by atoms with van der Waals surface area (Å²) in [4.78, 5) is 10.8. The molecule has 82 valence electrons. The first-order valence-corrected chi connectivity index (χ1v) is 6.33. The highest BCUT2D eigenvalue weighted by molar-refractivity contribution is 7.91. The third-order valence-corrected chi connectivity index (χ3v) is 3.41. The highest BCUT2D eigenvalue weighted by atomic mass is 35.5. The number of carbonyl (C=O) groups is 1. The summed E-state index contributed by atoms with van der Waals surface area (Å²) < 4.78 is 22.5. The van der Waals surface area contributed by atoms with Crippen LogP contribution in [0.4, 0.5) is 0 Å². The van der Waals surface area contributed by atoms with Gasteiger partial charge in [-0.15, -0.1) is 0 Å². The zero-order valence-corrected chi connectivity index (χ0v) is 9.42. The van der Waals surface area contributed by atoms with Crippen molar-refractivity contribution in [2.45, 2.75) is 5.25 Å². The Bertz CT molecular complexity index is 463. The maximum Gasteiger partial charge on any atom is 0.326 e. The predicted octanol–water partition coefficient (Wildman–Crippen LogP) is 1.51. The number of hydrogen-bond donors (Lipinski definition) is 1. The molecular formula is C9H9ClO4S. The molecular weight excluding hydrogens is 240 g/mol. The average molecular weight is 249 g/mol. The molecule has 1 N–H and O–H groups in total. The minimum atomic E-state index is -3.67. The third-order valence-electron chi connectivity index (χ3n) is 1.83. The van der Waals surface area contributed by atoms with Crippen molar-refractivity contribution < 1.29 is 18.3 Å². The second-order valence-electron chi connectivity index (χ2n) is 3.10. The Morgan fingerprint density at radius 3 is 2.13 bits per heavy atom. The van der Waals surface area contributed by atoms with Crippen LogP contribution in [0, 0.1) is 0 Å². The van der Waals surface area contributed by atoms with E-state index in [0.717, 1.165) is 6.26 Å². The Labute approximate surface area is 92.4 Å². The zero-order chi connectivity index (χ0) is 11.6. The standard InChI is InChI=1S/C9H9ClO4S/c1-15(13,14)8(9(11)12)6-2-4-7(10)5-3-6/h2-5,8H,1H3,(H,11,12). The summed E-state index contributed by atoms with van der Waals surface area (Å²) in [6, 6.07) is 5.69. The van der Waals surface area contributed by atoms with Gasteiger partial charge in [0.2, 0.25) is 0 Å². The Kier molecular flexibility index (Phi) is 3.36. The van der Waals surface area contributed by atoms with E-state index in [2.05, 4.69) is 0 Å². The molecule has 1 unspecified atom stereocenters. The molecule has 15 heavy (non-hydrogen) atoms. The molecule has 0 saturated heterocycles. The van der Waals surface area contributed by atoms with Crippen LogP contribution in [0.25, 0.3) is 0 Å². The van der Waals surface area contributed by atoms with Gasteiger partial charge in [-0.3, -0.25) is 4.79 Å². The molecule has 1 aromatic carbocycles. The van der Waals surface area contributed by atoms with Crippen molar-refractivity contribution in [1.29, 1.82) is 0 Å². The van der Waals surface area contributed by atoms with E-state index in [1.165, 1.54) is 24.3 Å². The van der Waals surface area contributed by atoms with Crippen molar-refractivity contribution in [3.8, 4) is 0 Å². The summed E-state index contributed by atoms with van der Waals surface area (Å²) in [5.74, 6) is -1.39. The van der Waals surface area contributed by atoms with Gasteiger partial charge in [-0.2, -0.15) is 0 Å². The first-order valence-electron chi connectivity index (χ1n) is 3.99. The number of rotatable bonds is 3. The van der Waals surface area contributed by atoms with Gasteiger partial charge in [0.25, 0.3) is 0 Å². The normalized spacial score (nSPS) is 13.5. The Hall–Kier alpha value is -1.07. The van der Waals surface area contributed by atoms with E-state index in [1.807, 2.05) is 0 Å². The molecule has 0 fully saturated rings. The lowest BCUT2D eigenvalue weighted by atomic mass is 10.1. The van der Waals surface area contributed by atoms with Gasteiger partial charge in [0.1, 0.15) is 0 Å². The molecule has 0 radical (unpaired) electrons. The molecule has 0 heterocycles. The topological polar surface area (TPSA) is 71.4 Å². The predicted molar refractivity (Wildman–Crippen MR) is 56.7 cm³/mol. The van der Waals surface area contributed by atoms with E-state index in [4.69, 9.17) is 16.7 Å². The van der Waals surface area contributed by atoms with Gasteiger partial charge in [0.05, 0.1) is 0 Å². The zero-order valence-electron chi connectivity index (χ0n) is 7.84. The lowest BCUT2D eigenvalue weighted by molar-refractivity contribution is -0.136. The summed E-state index contributed by atoms with van der Waals surface area (Å²) in [6.07, 6.45) is 0.889. The second-order valence-corrected chi connectivity index (χ2v) is 5.67. The van der Waals surface area contributed by atoms with Crippen LogP contribution in [0.2, 0.25) is 5.02 Å². The molecule has 0 amide bonds. The quantitative estimate of drug-likeness (QED) is 0.880. The maximum atomic E-state index is 11.2. The third kappa shape index (κ3) is 2.94. The van der Waals surface area contributed by atoms with Crippen molar-refractivity contribution in [1.82, 2.24) is 0 Å². The number of carboxylic acids is 1. The van der Waals surface area contributed by atoms with E-state index in [0.29, 0.717) is 5.02 Å². The Morgan fingerprint density at radius 1 is 1.33 bits per heavy atom. The molecule has 0 aliphatic rings. The van der Waals surface area contributed by atoms with Crippen LogP contribution < -0.4 is 0 Å². The molecule has 0 saturated carbocycles. The fraction of sp³-hybridized carbons (Fsp3) is 0.222. The highest BCUT2D eigenvalue weighted by Gasteiger charge is 2.30. The molecule has 0 bridgehead atoms. The molecule has 0 aliphatic carbocycles. The summed E-state index contributed by atoms with van der Waals surface area (Å²) in [7, 11) is -3.67. The fourth-order valence-electron chi connectivity index (χ4n) is 1.21. The maximum absolute atomic E-state index is 11.2. The molecule has 1 rings (SSSR count). The van der Waals surface area contributed by atoms with Crippen LogP contribution >= 0.6 is 11.6 Å². The van der Waals surface area contributed by atoms with Gasteiger partial charge in [-0.25, -0.2) is 8.42 Å². The highest BCUT2D eigenvalue weighted by Crippen LogP contribution is 2.23. The van der Waals surface area contributed by atoms with Crippen molar-refractivity contribution >= 4 is 27.4 Å². The van der Waals surface area contributed by atoms with E-state index >= 15 is 0 Å². The lowest BCUT2D eigenvalue weighted by Crippen LogP contribution is -2.20. The first-order chi connectivity index (χ1) is 6.82. The van der Waals surface area contributed by atoms with Crippen LogP contribution in [0.1, 0.15) is 10.8 Å². The number of aliphatic carboxylic acids is 1. The average Bonchev–Trinajstić information content (AvgIpc) is 2.05. The molecule has 0 aliphatic heterocycles. The number of benzene rings is 1. The molecule has 1 aromatic rings. The number of carboxylic acid groups (broad SMARTS) is 1. The van der Waals surface area contributed by atoms with E-state index < -0.39 is 21.1 Å². The van der Waals surface area contributed by atoms with Crippen molar-refractivity contribution in [3.05, 3.63) is 34.9 Å². The molecule has 1 atom stereocenters. The number of sulfone groups is 1. The van der Waals surface area contributed by atoms with Crippen molar-refractivity contribution in [3.63, 3.8) is 0 Å². The van der Waals surface area contributed by atoms with Crippen LogP contribution in [0.5, 0.6) is 0 Å². The minimum Gasteiger partial charge on any atom is -0.480 e. The second kappa shape index (κ2) is 4.20. The van der Waals surface area contributed by atoms with E-state index in [1.54, 1.807) is 0 Å². The number of hydrogen-bond acceptors (Lipinski definition) is 3. The SMILES string of the molecule is CS(=O)(=O)C(C(=O)O)c1ccc(Cl)cc1. The smallest absolute Gasteiger partial charge is 0.326 e. The number of halogens is 1. The van der Waals surface area contributed by atoms with Gasteiger partial charge >= 0.3 is 5.97 Å². The van der Waals surface area contributed by atoms with E-state index in [-0.39, 0.29) is 5.56 Å². The summed E-state index contributed by atoms with van der Waals surface area (Å²) >= 11 is 5.61. The Balaban J connectivity index is 3.23. The monoisotopic (exact) mass is 248 g/mol.